The summed E-state index contributed by atoms with van der Waals surface area (Å²) in [5.74, 6) is 0. The van der Waals surface area contributed by atoms with E-state index in [0.29, 0.717) is 10.0 Å². The Morgan fingerprint density at radius 2 is 1.72 bits per heavy atom. The zero-order valence-corrected chi connectivity index (χ0v) is 12.0. The Labute approximate surface area is 119 Å². The molecular weight excluding hydrogens is 373 g/mol. The zero-order valence-electron chi connectivity index (χ0n) is 8.85. The largest absolute Gasteiger partial charge is 0.417 e. The summed E-state index contributed by atoms with van der Waals surface area (Å²) >= 11 is 6.52. The van der Waals surface area contributed by atoms with Crippen molar-refractivity contribution in [2.75, 3.05) is 0 Å². The molecule has 1 radical (unpaired) electrons. The highest BCUT2D eigenvalue weighted by Crippen LogP contribution is 2.39. The van der Waals surface area contributed by atoms with Crippen molar-refractivity contribution in [1.82, 2.24) is 0 Å². The first-order chi connectivity index (χ1) is 8.39. The smallest absolute Gasteiger partial charge is 0.166 e. The second-order valence-electron chi connectivity index (χ2n) is 3.58. The van der Waals surface area contributed by atoms with Gasteiger partial charge in [-0.2, -0.15) is 13.2 Å². The van der Waals surface area contributed by atoms with Crippen LogP contribution in [0.15, 0.2) is 45.3 Å². The van der Waals surface area contributed by atoms with Gasteiger partial charge in [0.25, 0.3) is 0 Å². The van der Waals surface area contributed by atoms with Gasteiger partial charge in [-0.25, -0.2) is 0 Å². The van der Waals surface area contributed by atoms with Gasteiger partial charge in [-0.15, -0.1) is 0 Å². The molecule has 0 heterocycles. The second kappa shape index (κ2) is 5.05. The van der Waals surface area contributed by atoms with Gasteiger partial charge >= 0.3 is 6.18 Å². The Balaban J connectivity index is 2.68. The van der Waals surface area contributed by atoms with Gasteiger partial charge in [0.1, 0.15) is 0 Å². The van der Waals surface area contributed by atoms with Gasteiger partial charge in [0.05, 0.1) is 5.56 Å². The molecular formula is C13H6Br2F3. The SMILES string of the molecule is FC(F)(F)c1[c]cccc1-c1cc(Br)ccc1Br. The van der Waals surface area contributed by atoms with Crippen molar-refractivity contribution in [3.05, 3.63) is 57.0 Å². The van der Waals surface area contributed by atoms with Crippen molar-refractivity contribution in [3.63, 3.8) is 0 Å². The number of benzene rings is 2. The summed E-state index contributed by atoms with van der Waals surface area (Å²) in [6.45, 7) is 0. The molecule has 0 aliphatic rings. The minimum atomic E-state index is -4.42. The Hall–Kier alpha value is -0.810. The lowest BCUT2D eigenvalue weighted by Crippen LogP contribution is -2.07. The molecule has 0 amide bonds. The van der Waals surface area contributed by atoms with Crippen LogP contribution in [0.5, 0.6) is 0 Å². The topological polar surface area (TPSA) is 0 Å². The van der Waals surface area contributed by atoms with E-state index in [1.165, 1.54) is 18.2 Å². The molecule has 0 N–H and O–H groups in total. The van der Waals surface area contributed by atoms with Crippen LogP contribution in [0.2, 0.25) is 0 Å². The molecule has 0 saturated heterocycles. The van der Waals surface area contributed by atoms with Gasteiger partial charge in [-0.05, 0) is 35.4 Å². The summed E-state index contributed by atoms with van der Waals surface area (Å²) in [6.07, 6.45) is -4.42. The molecule has 18 heavy (non-hydrogen) atoms. The molecule has 93 valence electrons. The van der Waals surface area contributed by atoms with E-state index in [2.05, 4.69) is 37.9 Å². The number of alkyl halides is 3. The minimum absolute atomic E-state index is 0.109. The van der Waals surface area contributed by atoms with Crippen LogP contribution in [0.1, 0.15) is 5.56 Å². The molecule has 2 rings (SSSR count). The fourth-order valence-electron chi connectivity index (χ4n) is 1.60. The van der Waals surface area contributed by atoms with Crippen molar-refractivity contribution in [2.45, 2.75) is 6.18 Å². The number of hydrogen-bond acceptors (Lipinski definition) is 0. The second-order valence-corrected chi connectivity index (χ2v) is 5.35. The fraction of sp³-hybridized carbons (Fsp3) is 0.0769. The van der Waals surface area contributed by atoms with E-state index in [1.807, 2.05) is 0 Å². The average molecular weight is 379 g/mol. The van der Waals surface area contributed by atoms with Crippen molar-refractivity contribution in [1.29, 1.82) is 0 Å². The molecule has 0 atom stereocenters. The average Bonchev–Trinajstić information content (AvgIpc) is 2.31. The van der Waals surface area contributed by atoms with E-state index < -0.39 is 11.7 Å². The van der Waals surface area contributed by atoms with E-state index in [4.69, 9.17) is 0 Å². The normalized spacial score (nSPS) is 11.6. The first-order valence-corrected chi connectivity index (χ1v) is 6.51. The van der Waals surface area contributed by atoms with Crippen molar-refractivity contribution in [2.24, 2.45) is 0 Å². The quantitative estimate of drug-likeness (QED) is 0.597. The van der Waals surface area contributed by atoms with Gasteiger partial charge in [0, 0.05) is 8.95 Å². The van der Waals surface area contributed by atoms with Gasteiger partial charge in [-0.1, -0.05) is 50.1 Å². The zero-order chi connectivity index (χ0) is 13.3. The molecule has 5 heteroatoms. The van der Waals surface area contributed by atoms with Crippen LogP contribution in [0.3, 0.4) is 0 Å². The molecule has 0 bridgehead atoms. The number of halogens is 5. The predicted molar refractivity (Wildman–Crippen MR) is 71.1 cm³/mol. The third-order valence-electron chi connectivity index (χ3n) is 2.36. The molecule has 2 aromatic carbocycles. The third kappa shape index (κ3) is 2.78. The van der Waals surface area contributed by atoms with Crippen LogP contribution in [-0.2, 0) is 6.18 Å². The summed E-state index contributed by atoms with van der Waals surface area (Å²) in [7, 11) is 0. The lowest BCUT2D eigenvalue weighted by atomic mass is 9.99. The summed E-state index contributed by atoms with van der Waals surface area (Å²) in [5, 5.41) is 0. The number of hydrogen-bond donors (Lipinski definition) is 0. The van der Waals surface area contributed by atoms with Crippen LogP contribution >= 0.6 is 31.9 Å². The van der Waals surface area contributed by atoms with E-state index in [0.717, 1.165) is 4.47 Å². The summed E-state index contributed by atoms with van der Waals surface area (Å²) in [4.78, 5) is 0. The molecule has 0 aliphatic heterocycles. The van der Waals surface area contributed by atoms with Crippen molar-refractivity contribution in [3.8, 4) is 11.1 Å². The highest BCUT2D eigenvalue weighted by atomic mass is 79.9. The van der Waals surface area contributed by atoms with Gasteiger partial charge < -0.3 is 0 Å². The Morgan fingerprint density at radius 3 is 2.39 bits per heavy atom. The van der Waals surface area contributed by atoms with Crippen LogP contribution in [0, 0.1) is 6.07 Å². The molecule has 0 spiro atoms. The summed E-state index contributed by atoms with van der Waals surface area (Å²) in [6, 6.07) is 11.6. The van der Waals surface area contributed by atoms with Crippen LogP contribution in [-0.4, -0.2) is 0 Å². The fourth-order valence-corrected chi connectivity index (χ4v) is 2.42. The Morgan fingerprint density at radius 1 is 1.00 bits per heavy atom. The van der Waals surface area contributed by atoms with E-state index in [9.17, 15) is 13.2 Å². The molecule has 0 unspecified atom stereocenters. The molecule has 2 aromatic rings. The van der Waals surface area contributed by atoms with Crippen molar-refractivity contribution >= 4 is 31.9 Å². The first-order valence-electron chi connectivity index (χ1n) is 4.93. The van der Waals surface area contributed by atoms with Gasteiger partial charge in [0.2, 0.25) is 0 Å². The molecule has 0 nitrogen and oxygen atoms in total. The lowest BCUT2D eigenvalue weighted by Gasteiger charge is -2.13. The minimum Gasteiger partial charge on any atom is -0.166 e. The Bertz CT molecular complexity index is 577. The summed E-state index contributed by atoms with van der Waals surface area (Å²) in [5.41, 5.74) is -0.171. The molecule has 0 aliphatic carbocycles. The van der Waals surface area contributed by atoms with Crippen molar-refractivity contribution < 1.29 is 13.2 Å². The maximum atomic E-state index is 12.9. The maximum Gasteiger partial charge on any atom is 0.417 e. The van der Waals surface area contributed by atoms with E-state index >= 15 is 0 Å². The molecule has 0 aromatic heterocycles. The van der Waals surface area contributed by atoms with Crippen LogP contribution < -0.4 is 0 Å². The summed E-state index contributed by atoms with van der Waals surface area (Å²) < 4.78 is 40.1. The van der Waals surface area contributed by atoms with Gasteiger partial charge in [0.15, 0.2) is 0 Å². The lowest BCUT2D eigenvalue weighted by molar-refractivity contribution is -0.137. The Kier molecular flexibility index (Phi) is 3.82. The standard InChI is InChI=1S/C13H6Br2F3/c14-8-5-6-12(15)10(7-8)9-3-1-2-4-11(9)13(16,17)18/h1-3,5-7H. The molecule has 0 saturated carbocycles. The monoisotopic (exact) mass is 377 g/mol. The first kappa shape index (κ1) is 13.6. The van der Waals surface area contributed by atoms with E-state index in [-0.39, 0.29) is 5.56 Å². The predicted octanol–water partition coefficient (Wildman–Crippen LogP) is 5.70. The van der Waals surface area contributed by atoms with E-state index in [1.54, 1.807) is 18.2 Å². The van der Waals surface area contributed by atoms with Crippen LogP contribution in [0.4, 0.5) is 13.2 Å². The molecule has 0 fully saturated rings. The van der Waals surface area contributed by atoms with Crippen LogP contribution in [0.25, 0.3) is 11.1 Å². The maximum absolute atomic E-state index is 12.9. The third-order valence-corrected chi connectivity index (χ3v) is 3.54. The highest BCUT2D eigenvalue weighted by Gasteiger charge is 2.33. The number of rotatable bonds is 1. The highest BCUT2D eigenvalue weighted by molar-refractivity contribution is 9.11. The van der Waals surface area contributed by atoms with Gasteiger partial charge in [-0.3, -0.25) is 0 Å².